The van der Waals surface area contributed by atoms with Gasteiger partial charge in [-0.2, -0.15) is 0 Å². The van der Waals surface area contributed by atoms with Crippen LogP contribution in [0.2, 0.25) is 0 Å². The van der Waals surface area contributed by atoms with Crippen molar-refractivity contribution >= 4 is 41.2 Å². The highest BCUT2D eigenvalue weighted by atomic mass is 16.4. The predicted octanol–water partition coefficient (Wildman–Crippen LogP) is 0.248. The van der Waals surface area contributed by atoms with Crippen molar-refractivity contribution in [2.45, 2.75) is 129 Å². The standard InChI is InChI=1S/C34H60N6O9/c1-19(2)14-24(35)33(47)40-13-9-11-26(40)32(46)38-25(15-20(3)4)27(42)17-23(18-29(36)44)31(45)39-30(21(5)41)28(43)16-22(34(48)49)10-7-8-12-37-6/h19-26,30,37,41H,7-18,35H2,1-6H3,(H2,36,44)(H,38,46)(H,39,45)(H,48,49)/t21?,22-,23+,24+,25+,26+,30-/m1/s1. The van der Waals surface area contributed by atoms with Crippen molar-refractivity contribution in [1.82, 2.24) is 20.9 Å². The average Bonchev–Trinajstić information content (AvgIpc) is 3.49. The summed E-state index contributed by atoms with van der Waals surface area (Å²) < 4.78 is 0. The number of nitrogens with one attached hydrogen (secondary N) is 3. The number of primary amides is 1. The van der Waals surface area contributed by atoms with Crippen LogP contribution in [0.4, 0.5) is 0 Å². The molecule has 0 aromatic rings. The highest BCUT2D eigenvalue weighted by molar-refractivity contribution is 5.97. The molecule has 0 aromatic heterocycles. The summed E-state index contributed by atoms with van der Waals surface area (Å²) in [6.45, 7) is 9.89. The van der Waals surface area contributed by atoms with Gasteiger partial charge in [0.2, 0.25) is 23.6 Å². The summed E-state index contributed by atoms with van der Waals surface area (Å²) in [4.78, 5) is 92.0. The number of ketones is 2. The number of hydrogen-bond acceptors (Lipinski definition) is 10. The fourth-order valence-corrected chi connectivity index (χ4v) is 6.14. The lowest BCUT2D eigenvalue weighted by molar-refractivity contribution is -0.145. The molecule has 15 nitrogen and oxygen atoms in total. The zero-order valence-corrected chi connectivity index (χ0v) is 30.0. The van der Waals surface area contributed by atoms with Gasteiger partial charge in [0.25, 0.3) is 0 Å². The number of amides is 4. The van der Waals surface area contributed by atoms with E-state index in [1.807, 2.05) is 27.7 Å². The van der Waals surface area contributed by atoms with Crippen molar-refractivity contribution in [3.8, 4) is 0 Å². The number of rotatable bonds is 24. The Labute approximate surface area is 290 Å². The third-order valence-corrected chi connectivity index (χ3v) is 8.71. The molecular formula is C34H60N6O9. The minimum atomic E-state index is -1.49. The first-order chi connectivity index (χ1) is 22.9. The number of hydrogen-bond donors (Lipinski definition) is 7. The van der Waals surface area contributed by atoms with Crippen LogP contribution in [0.25, 0.3) is 0 Å². The van der Waals surface area contributed by atoms with E-state index in [9.17, 15) is 43.8 Å². The molecular weight excluding hydrogens is 636 g/mol. The molecule has 15 heteroatoms. The van der Waals surface area contributed by atoms with E-state index in [2.05, 4.69) is 16.0 Å². The molecule has 7 atom stereocenters. The summed E-state index contributed by atoms with van der Waals surface area (Å²) in [6.07, 6.45) is 0.235. The van der Waals surface area contributed by atoms with Gasteiger partial charge in [-0.05, 0) is 70.9 Å². The quantitative estimate of drug-likeness (QED) is 0.0674. The van der Waals surface area contributed by atoms with Gasteiger partial charge in [-0.25, -0.2) is 0 Å². The van der Waals surface area contributed by atoms with E-state index in [-0.39, 0.29) is 30.6 Å². The normalized spacial score (nSPS) is 18.3. The summed E-state index contributed by atoms with van der Waals surface area (Å²) in [5.74, 6) is -7.30. The van der Waals surface area contributed by atoms with Gasteiger partial charge in [0.05, 0.1) is 30.0 Å². The smallest absolute Gasteiger partial charge is 0.306 e. The molecule has 0 spiro atoms. The highest BCUT2D eigenvalue weighted by Gasteiger charge is 2.39. The highest BCUT2D eigenvalue weighted by Crippen LogP contribution is 2.22. The van der Waals surface area contributed by atoms with Crippen LogP contribution >= 0.6 is 0 Å². The Bertz CT molecular complexity index is 1150. The second-order valence-electron chi connectivity index (χ2n) is 14.2. The minimum Gasteiger partial charge on any atom is -0.481 e. The van der Waals surface area contributed by atoms with Gasteiger partial charge in [-0.15, -0.1) is 0 Å². The van der Waals surface area contributed by atoms with Crippen molar-refractivity contribution in [3.63, 3.8) is 0 Å². The van der Waals surface area contributed by atoms with E-state index in [0.29, 0.717) is 45.2 Å². The first-order valence-corrected chi connectivity index (χ1v) is 17.4. The third-order valence-electron chi connectivity index (χ3n) is 8.71. The molecule has 4 amide bonds. The van der Waals surface area contributed by atoms with Gasteiger partial charge in [-0.1, -0.05) is 34.1 Å². The van der Waals surface area contributed by atoms with E-state index in [0.717, 1.165) is 0 Å². The van der Waals surface area contributed by atoms with E-state index in [1.165, 1.54) is 11.8 Å². The SMILES string of the molecule is CNCCCC[C@H](CC(=O)[C@H](NC(=O)[C@H](CC(N)=O)CC(=O)[C@H](CC(C)C)NC(=O)[C@@H]1CCCN1C(=O)[C@@H](N)CC(C)C)C(C)O)C(=O)O. The van der Waals surface area contributed by atoms with E-state index < -0.39 is 96.6 Å². The Balaban J connectivity index is 3.11. The van der Waals surface area contributed by atoms with Crippen LogP contribution in [0.1, 0.15) is 98.8 Å². The fourth-order valence-electron chi connectivity index (χ4n) is 6.14. The first-order valence-electron chi connectivity index (χ1n) is 17.4. The van der Waals surface area contributed by atoms with Crippen molar-refractivity contribution < 1.29 is 43.8 Å². The summed E-state index contributed by atoms with van der Waals surface area (Å²) in [6, 6.07) is -4.11. The number of nitrogens with two attached hydrogens (primary N) is 2. The number of unbranched alkanes of at least 4 members (excludes halogenated alkanes) is 1. The Morgan fingerprint density at radius 1 is 0.857 bits per heavy atom. The summed E-state index contributed by atoms with van der Waals surface area (Å²) in [5.41, 5.74) is 11.5. The topological polar surface area (TPSA) is 251 Å². The maximum Gasteiger partial charge on any atom is 0.306 e. The van der Waals surface area contributed by atoms with Crippen LogP contribution < -0.4 is 27.4 Å². The lowest BCUT2D eigenvalue weighted by Gasteiger charge is -2.29. The van der Waals surface area contributed by atoms with Gasteiger partial charge in [0.15, 0.2) is 11.6 Å². The maximum absolute atomic E-state index is 13.7. The molecule has 0 aliphatic carbocycles. The van der Waals surface area contributed by atoms with Gasteiger partial charge >= 0.3 is 5.97 Å². The monoisotopic (exact) mass is 696 g/mol. The van der Waals surface area contributed by atoms with Crippen LogP contribution in [0.15, 0.2) is 0 Å². The number of nitrogens with zero attached hydrogens (tertiary/aromatic N) is 1. The number of aliphatic hydroxyl groups excluding tert-OH is 1. The second kappa shape index (κ2) is 21.6. The minimum absolute atomic E-state index is 0.0592. The molecule has 9 N–H and O–H groups in total. The first kappa shape index (κ1) is 43.6. The Kier molecular flexibility index (Phi) is 19.2. The lowest BCUT2D eigenvalue weighted by Crippen LogP contribution is -2.54. The Morgan fingerprint density at radius 3 is 2.00 bits per heavy atom. The number of carboxylic acids is 1. The molecule has 1 aliphatic heterocycles. The molecule has 1 fully saturated rings. The number of carboxylic acid groups (broad SMARTS) is 1. The van der Waals surface area contributed by atoms with Gasteiger partial charge < -0.3 is 42.5 Å². The van der Waals surface area contributed by atoms with Crippen LogP contribution in [0, 0.1) is 23.7 Å². The zero-order valence-electron chi connectivity index (χ0n) is 30.0. The molecule has 49 heavy (non-hydrogen) atoms. The van der Waals surface area contributed by atoms with Crippen LogP contribution in [0.3, 0.4) is 0 Å². The van der Waals surface area contributed by atoms with Crippen molar-refractivity contribution in [1.29, 1.82) is 0 Å². The average molecular weight is 697 g/mol. The van der Waals surface area contributed by atoms with Gasteiger partial charge in [0, 0.05) is 25.8 Å². The molecule has 0 radical (unpaired) electrons. The summed E-state index contributed by atoms with van der Waals surface area (Å²) >= 11 is 0. The van der Waals surface area contributed by atoms with Crippen LogP contribution in [-0.4, -0.2) is 107 Å². The molecule has 1 aliphatic rings. The third kappa shape index (κ3) is 15.3. The number of aliphatic carboxylic acids is 1. The Morgan fingerprint density at radius 2 is 1.47 bits per heavy atom. The molecule has 0 saturated carbocycles. The lowest BCUT2D eigenvalue weighted by atomic mass is 9.89. The van der Waals surface area contributed by atoms with Crippen LogP contribution in [0.5, 0.6) is 0 Å². The van der Waals surface area contributed by atoms with E-state index >= 15 is 0 Å². The van der Waals surface area contributed by atoms with E-state index in [1.54, 1.807) is 7.05 Å². The largest absolute Gasteiger partial charge is 0.481 e. The molecule has 1 saturated heterocycles. The molecule has 1 unspecified atom stereocenters. The summed E-state index contributed by atoms with van der Waals surface area (Å²) in [5, 5.41) is 28.2. The maximum atomic E-state index is 13.7. The number of carbonyl (C=O) groups is 7. The molecule has 280 valence electrons. The molecule has 0 bridgehead atoms. The van der Waals surface area contributed by atoms with Crippen LogP contribution in [-0.2, 0) is 33.6 Å². The van der Waals surface area contributed by atoms with Crippen molar-refractivity contribution in [2.24, 2.45) is 35.1 Å². The van der Waals surface area contributed by atoms with Gasteiger partial charge in [-0.3, -0.25) is 33.6 Å². The fraction of sp³-hybridized carbons (Fsp3) is 0.794. The number of aliphatic hydroxyl groups is 1. The zero-order chi connectivity index (χ0) is 37.4. The van der Waals surface area contributed by atoms with Gasteiger partial charge in [0.1, 0.15) is 12.1 Å². The van der Waals surface area contributed by atoms with E-state index in [4.69, 9.17) is 11.5 Å². The number of Topliss-reactive ketones (excluding diaryl/α,β-unsaturated/α-hetero) is 2. The second-order valence-corrected chi connectivity index (χ2v) is 14.2. The number of carbonyl (C=O) groups excluding carboxylic acids is 6. The predicted molar refractivity (Wildman–Crippen MR) is 183 cm³/mol. The molecule has 0 aromatic carbocycles. The Hall–Kier alpha value is -3.43. The molecule has 1 heterocycles. The number of likely N-dealkylation sites (tertiary alicyclic amines) is 1. The van der Waals surface area contributed by atoms with Crippen molar-refractivity contribution in [3.05, 3.63) is 0 Å². The van der Waals surface area contributed by atoms with Crippen molar-refractivity contribution in [2.75, 3.05) is 20.1 Å². The summed E-state index contributed by atoms with van der Waals surface area (Å²) in [7, 11) is 1.77. The molecule has 1 rings (SSSR count).